The smallest absolute Gasteiger partial charge is 0.270 e. The summed E-state index contributed by atoms with van der Waals surface area (Å²) in [5, 5.41) is 10.8. The molecule has 5 heteroatoms. The molecule has 0 unspecified atom stereocenters. The Labute approximate surface area is 121 Å². The van der Waals surface area contributed by atoms with E-state index in [9.17, 15) is 14.9 Å². The highest BCUT2D eigenvalue weighted by molar-refractivity contribution is 6.09. The minimum Gasteiger partial charge on any atom is -0.493 e. The van der Waals surface area contributed by atoms with Gasteiger partial charge in [-0.15, -0.1) is 0 Å². The maximum Gasteiger partial charge on any atom is 0.270 e. The maximum absolute atomic E-state index is 12.3. The topological polar surface area (TPSA) is 69.4 Å². The minimum absolute atomic E-state index is 0.0358. The zero-order valence-corrected chi connectivity index (χ0v) is 11.4. The lowest BCUT2D eigenvalue weighted by atomic mass is 10.1. The van der Waals surface area contributed by atoms with Crippen molar-refractivity contribution in [1.29, 1.82) is 0 Å². The second-order valence-corrected chi connectivity index (χ2v) is 4.26. The molecule has 0 aliphatic rings. The first-order valence-corrected chi connectivity index (χ1v) is 6.21. The van der Waals surface area contributed by atoms with Crippen molar-refractivity contribution >= 4 is 17.5 Å². The number of hydrogen-bond acceptors (Lipinski definition) is 4. The third-order valence-electron chi connectivity index (χ3n) is 2.86. The first-order chi connectivity index (χ1) is 10.1. The molecule has 0 saturated heterocycles. The van der Waals surface area contributed by atoms with Crippen LogP contribution in [-0.2, 0) is 4.74 Å². The van der Waals surface area contributed by atoms with Gasteiger partial charge < -0.3 is 4.74 Å². The highest BCUT2D eigenvalue weighted by Crippen LogP contribution is 2.18. The Morgan fingerprint density at radius 3 is 2.48 bits per heavy atom. The molecule has 0 aliphatic heterocycles. The van der Waals surface area contributed by atoms with Crippen molar-refractivity contribution in [2.45, 2.75) is 0 Å². The summed E-state index contributed by atoms with van der Waals surface area (Å²) in [4.78, 5) is 22.5. The summed E-state index contributed by atoms with van der Waals surface area (Å²) in [6.07, 6.45) is 1.49. The van der Waals surface area contributed by atoms with Crippen LogP contribution in [0, 0.1) is 10.1 Å². The Balaban J connectivity index is 2.35. The summed E-state index contributed by atoms with van der Waals surface area (Å²) in [7, 11) is 1.39. The molecule has 5 nitrogen and oxygen atoms in total. The Kier molecular flexibility index (Phi) is 4.46. The standard InChI is InChI=1S/C16H13NO4/c1-21-15(16(18)13-7-3-2-4-8-13)11-12-6-5-9-14(10-12)17(19)20/h2-11H,1H3/b15-11+. The van der Waals surface area contributed by atoms with Crippen molar-refractivity contribution < 1.29 is 14.5 Å². The van der Waals surface area contributed by atoms with E-state index >= 15 is 0 Å². The fourth-order valence-corrected chi connectivity index (χ4v) is 1.83. The lowest BCUT2D eigenvalue weighted by Crippen LogP contribution is -2.05. The molecule has 21 heavy (non-hydrogen) atoms. The molecule has 0 aromatic heterocycles. The first-order valence-electron chi connectivity index (χ1n) is 6.21. The number of rotatable bonds is 5. The number of nitrogens with zero attached hydrogens (tertiary/aromatic N) is 1. The van der Waals surface area contributed by atoms with Crippen LogP contribution in [0.5, 0.6) is 0 Å². The number of ketones is 1. The predicted octanol–water partition coefficient (Wildman–Crippen LogP) is 3.47. The van der Waals surface area contributed by atoms with E-state index in [1.807, 2.05) is 6.07 Å². The largest absolute Gasteiger partial charge is 0.493 e. The van der Waals surface area contributed by atoms with Crippen LogP contribution in [0.25, 0.3) is 6.08 Å². The van der Waals surface area contributed by atoms with Gasteiger partial charge in [-0.2, -0.15) is 0 Å². The molecule has 0 atom stereocenters. The van der Waals surface area contributed by atoms with E-state index in [1.165, 1.54) is 25.3 Å². The quantitative estimate of drug-likeness (QED) is 0.277. The molecule has 0 saturated carbocycles. The average molecular weight is 283 g/mol. The van der Waals surface area contributed by atoms with E-state index in [1.54, 1.807) is 36.4 Å². The van der Waals surface area contributed by atoms with Gasteiger partial charge in [-0.1, -0.05) is 42.5 Å². The lowest BCUT2D eigenvalue weighted by Gasteiger charge is -2.05. The first kappa shape index (κ1) is 14.5. The number of nitro benzene ring substituents is 1. The van der Waals surface area contributed by atoms with Gasteiger partial charge in [0.05, 0.1) is 12.0 Å². The van der Waals surface area contributed by atoms with Gasteiger partial charge in [-0.3, -0.25) is 14.9 Å². The van der Waals surface area contributed by atoms with E-state index in [0.29, 0.717) is 11.1 Å². The summed E-state index contributed by atoms with van der Waals surface area (Å²) < 4.78 is 5.11. The average Bonchev–Trinajstić information content (AvgIpc) is 2.53. The SMILES string of the molecule is CO/C(=C/c1cccc([N+](=O)[O-])c1)C(=O)c1ccccc1. The third-order valence-corrected chi connectivity index (χ3v) is 2.86. The minimum atomic E-state index is -0.483. The molecule has 2 aromatic rings. The van der Waals surface area contributed by atoms with Crippen molar-refractivity contribution in [3.8, 4) is 0 Å². The van der Waals surface area contributed by atoms with E-state index in [-0.39, 0.29) is 17.2 Å². The third kappa shape index (κ3) is 3.54. The molecule has 106 valence electrons. The highest BCUT2D eigenvalue weighted by Gasteiger charge is 2.13. The van der Waals surface area contributed by atoms with E-state index in [4.69, 9.17) is 4.74 Å². The van der Waals surface area contributed by atoms with Crippen molar-refractivity contribution in [1.82, 2.24) is 0 Å². The van der Waals surface area contributed by atoms with Crippen molar-refractivity contribution in [3.63, 3.8) is 0 Å². The molecule has 0 fully saturated rings. The van der Waals surface area contributed by atoms with Gasteiger partial charge in [0.1, 0.15) is 0 Å². The van der Waals surface area contributed by atoms with Gasteiger partial charge in [-0.25, -0.2) is 0 Å². The van der Waals surface area contributed by atoms with Gasteiger partial charge in [-0.05, 0) is 11.6 Å². The van der Waals surface area contributed by atoms with Crippen molar-refractivity contribution in [2.75, 3.05) is 7.11 Å². The van der Waals surface area contributed by atoms with Crippen molar-refractivity contribution in [3.05, 3.63) is 81.6 Å². The Hall–Kier alpha value is -2.95. The number of hydrogen-bond donors (Lipinski definition) is 0. The van der Waals surface area contributed by atoms with Crippen LogP contribution in [-0.4, -0.2) is 17.8 Å². The van der Waals surface area contributed by atoms with Crippen LogP contribution < -0.4 is 0 Å². The summed E-state index contributed by atoms with van der Waals surface area (Å²) in [5.74, 6) is -0.147. The van der Waals surface area contributed by atoms with Crippen molar-refractivity contribution in [2.24, 2.45) is 0 Å². The maximum atomic E-state index is 12.3. The second kappa shape index (κ2) is 6.47. The number of ether oxygens (including phenoxy) is 1. The molecule has 2 rings (SSSR count). The monoisotopic (exact) mass is 283 g/mol. The van der Waals surface area contributed by atoms with Gasteiger partial charge >= 0.3 is 0 Å². The predicted molar refractivity (Wildman–Crippen MR) is 78.9 cm³/mol. The van der Waals surface area contributed by atoms with Crippen LogP contribution >= 0.6 is 0 Å². The normalized spacial score (nSPS) is 11.0. The number of non-ortho nitro benzene ring substituents is 1. The zero-order valence-electron chi connectivity index (χ0n) is 11.4. The summed E-state index contributed by atoms with van der Waals surface area (Å²) in [5.41, 5.74) is 0.993. The van der Waals surface area contributed by atoms with Crippen LogP contribution in [0.1, 0.15) is 15.9 Å². The Bertz CT molecular complexity index is 692. The van der Waals surface area contributed by atoms with Gasteiger partial charge in [0.2, 0.25) is 5.78 Å². The van der Waals surface area contributed by atoms with Crippen LogP contribution in [0.15, 0.2) is 60.4 Å². The fourth-order valence-electron chi connectivity index (χ4n) is 1.83. The van der Waals surface area contributed by atoms with E-state index < -0.39 is 4.92 Å². The number of methoxy groups -OCH3 is 1. The number of Topliss-reactive ketones (excluding diaryl/α,β-unsaturated/α-hetero) is 1. The number of benzene rings is 2. The molecule has 0 heterocycles. The highest BCUT2D eigenvalue weighted by atomic mass is 16.6. The Morgan fingerprint density at radius 2 is 1.86 bits per heavy atom. The summed E-state index contributed by atoms with van der Waals surface area (Å²) >= 11 is 0. The van der Waals surface area contributed by atoms with Crippen LogP contribution in [0.3, 0.4) is 0 Å². The molecule has 0 N–H and O–H groups in total. The van der Waals surface area contributed by atoms with Crippen LogP contribution in [0.4, 0.5) is 5.69 Å². The Morgan fingerprint density at radius 1 is 1.14 bits per heavy atom. The molecule has 0 radical (unpaired) electrons. The fraction of sp³-hybridized carbons (Fsp3) is 0.0625. The van der Waals surface area contributed by atoms with Gasteiger partial charge in [0.25, 0.3) is 5.69 Å². The summed E-state index contributed by atoms with van der Waals surface area (Å²) in [6, 6.07) is 14.7. The number of carbonyl (C=O) groups excluding carboxylic acids is 1. The lowest BCUT2D eigenvalue weighted by molar-refractivity contribution is -0.384. The number of nitro groups is 1. The van der Waals surface area contributed by atoms with E-state index in [2.05, 4.69) is 0 Å². The molecule has 0 amide bonds. The number of allylic oxidation sites excluding steroid dienone is 1. The van der Waals surface area contributed by atoms with Gasteiger partial charge in [0, 0.05) is 17.7 Å². The molecule has 0 aliphatic carbocycles. The van der Waals surface area contributed by atoms with E-state index in [0.717, 1.165) is 0 Å². The van der Waals surface area contributed by atoms with Gasteiger partial charge in [0.15, 0.2) is 5.76 Å². The molecular weight excluding hydrogens is 270 g/mol. The molecule has 0 bridgehead atoms. The second-order valence-electron chi connectivity index (χ2n) is 4.26. The molecule has 0 spiro atoms. The van der Waals surface area contributed by atoms with Crippen LogP contribution in [0.2, 0.25) is 0 Å². The molecular formula is C16H13NO4. The number of carbonyl (C=O) groups is 1. The zero-order chi connectivity index (χ0) is 15.2. The summed E-state index contributed by atoms with van der Waals surface area (Å²) in [6.45, 7) is 0. The molecule has 2 aromatic carbocycles.